The van der Waals surface area contributed by atoms with Crippen molar-refractivity contribution >= 4 is 52.6 Å². The van der Waals surface area contributed by atoms with Crippen molar-refractivity contribution in [1.82, 2.24) is 5.32 Å². The Hall–Kier alpha value is -6.00. The van der Waals surface area contributed by atoms with Gasteiger partial charge in [0.1, 0.15) is 10.9 Å². The molecule has 0 aliphatic heterocycles. The molecule has 10 heteroatoms. The number of amides is 3. The fourth-order valence-electron chi connectivity index (χ4n) is 4.41. The molecule has 0 aromatic heterocycles. The van der Waals surface area contributed by atoms with Crippen LogP contribution in [0.5, 0.6) is 0 Å². The van der Waals surface area contributed by atoms with Gasteiger partial charge < -0.3 is 16.0 Å². The van der Waals surface area contributed by atoms with Crippen LogP contribution >= 0.6 is 11.8 Å². The van der Waals surface area contributed by atoms with Crippen molar-refractivity contribution < 1.29 is 19.3 Å². The minimum atomic E-state index is -0.605. The van der Waals surface area contributed by atoms with Gasteiger partial charge in [-0.15, -0.1) is 11.8 Å². The summed E-state index contributed by atoms with van der Waals surface area (Å²) >= 11 is 1.33. The second-order valence-corrected chi connectivity index (χ2v) is 11.2. The summed E-state index contributed by atoms with van der Waals surface area (Å²) in [5, 5.41) is 19.0. The van der Waals surface area contributed by atoms with Crippen molar-refractivity contribution in [2.45, 2.75) is 10.1 Å². The van der Waals surface area contributed by atoms with E-state index in [2.05, 4.69) is 16.0 Å². The number of rotatable bonds is 11. The topological polar surface area (TPSA) is 130 Å². The molecule has 46 heavy (non-hydrogen) atoms. The van der Waals surface area contributed by atoms with Crippen LogP contribution in [0.4, 0.5) is 17.1 Å². The molecule has 228 valence electrons. The molecule has 0 aliphatic rings. The van der Waals surface area contributed by atoms with E-state index in [1.165, 1.54) is 42.1 Å². The highest BCUT2D eigenvalue weighted by molar-refractivity contribution is 8.00. The van der Waals surface area contributed by atoms with Crippen molar-refractivity contribution in [3.05, 3.63) is 172 Å². The zero-order valence-electron chi connectivity index (χ0n) is 24.3. The first-order chi connectivity index (χ1) is 22.4. The summed E-state index contributed by atoms with van der Waals surface area (Å²) in [5.41, 5.74) is 2.59. The molecule has 3 N–H and O–H groups in total. The maximum absolute atomic E-state index is 13.6. The third-order valence-corrected chi connectivity index (χ3v) is 7.92. The second kappa shape index (κ2) is 15.1. The van der Waals surface area contributed by atoms with Crippen LogP contribution in [-0.2, 0) is 9.59 Å². The first-order valence-corrected chi connectivity index (χ1v) is 15.1. The number of non-ortho nitro benzene ring substituents is 1. The molecule has 1 unspecified atom stereocenters. The zero-order chi connectivity index (χ0) is 32.3. The highest BCUT2D eigenvalue weighted by Gasteiger charge is 2.23. The van der Waals surface area contributed by atoms with E-state index in [0.717, 1.165) is 10.5 Å². The van der Waals surface area contributed by atoms with Gasteiger partial charge in [0.25, 0.3) is 17.5 Å². The number of thioether (sulfide) groups is 1. The first-order valence-electron chi connectivity index (χ1n) is 14.2. The van der Waals surface area contributed by atoms with E-state index in [4.69, 9.17) is 0 Å². The van der Waals surface area contributed by atoms with E-state index >= 15 is 0 Å². The van der Waals surface area contributed by atoms with Gasteiger partial charge in [-0.3, -0.25) is 24.5 Å². The summed E-state index contributed by atoms with van der Waals surface area (Å²) in [5.74, 6) is -1.30. The molecule has 0 saturated heterocycles. The van der Waals surface area contributed by atoms with Crippen molar-refractivity contribution in [2.24, 2.45) is 0 Å². The number of anilines is 2. The Morgan fingerprint density at radius 1 is 0.696 bits per heavy atom. The van der Waals surface area contributed by atoms with Gasteiger partial charge in [-0.1, -0.05) is 72.8 Å². The fraction of sp³-hybridized carbons (Fsp3) is 0.0278. The van der Waals surface area contributed by atoms with Gasteiger partial charge in [-0.05, 0) is 71.8 Å². The van der Waals surface area contributed by atoms with Gasteiger partial charge >= 0.3 is 0 Å². The Morgan fingerprint density at radius 2 is 1.30 bits per heavy atom. The van der Waals surface area contributed by atoms with Crippen LogP contribution < -0.4 is 16.0 Å². The van der Waals surface area contributed by atoms with Crippen LogP contribution in [0.3, 0.4) is 0 Å². The van der Waals surface area contributed by atoms with Gasteiger partial charge in [0.2, 0.25) is 5.91 Å². The van der Waals surface area contributed by atoms with E-state index in [0.29, 0.717) is 22.5 Å². The van der Waals surface area contributed by atoms with Gasteiger partial charge in [0.05, 0.1) is 4.92 Å². The molecule has 5 aromatic carbocycles. The van der Waals surface area contributed by atoms with Crippen LogP contribution in [0, 0.1) is 10.1 Å². The Labute approximate surface area is 269 Å². The first kappa shape index (κ1) is 31.4. The van der Waals surface area contributed by atoms with Crippen molar-refractivity contribution in [3.8, 4) is 0 Å². The Kier molecular flexibility index (Phi) is 10.3. The highest BCUT2D eigenvalue weighted by Crippen LogP contribution is 2.37. The molecule has 0 radical (unpaired) electrons. The number of benzene rings is 5. The Bertz CT molecular complexity index is 1870. The minimum Gasteiger partial charge on any atom is -0.325 e. The average Bonchev–Trinajstić information content (AvgIpc) is 3.08. The van der Waals surface area contributed by atoms with E-state index in [1.54, 1.807) is 48.5 Å². The number of para-hydroxylation sites is 1. The normalized spacial score (nSPS) is 11.6. The summed E-state index contributed by atoms with van der Waals surface area (Å²) in [6.07, 6.45) is 1.44. The summed E-state index contributed by atoms with van der Waals surface area (Å²) in [6.45, 7) is 0. The van der Waals surface area contributed by atoms with E-state index in [-0.39, 0.29) is 17.3 Å². The molecule has 0 aliphatic carbocycles. The Morgan fingerprint density at radius 3 is 1.96 bits per heavy atom. The lowest BCUT2D eigenvalue weighted by atomic mass is 10.1. The van der Waals surface area contributed by atoms with Gasteiger partial charge in [0.15, 0.2) is 0 Å². The number of nitrogens with one attached hydrogen (secondary N) is 3. The lowest BCUT2D eigenvalue weighted by Crippen LogP contribution is -2.30. The van der Waals surface area contributed by atoms with Gasteiger partial charge in [-0.2, -0.15) is 0 Å². The lowest BCUT2D eigenvalue weighted by Gasteiger charge is -2.18. The predicted octanol–water partition coefficient (Wildman–Crippen LogP) is 7.48. The minimum absolute atomic E-state index is 0.0647. The smallest absolute Gasteiger partial charge is 0.272 e. The lowest BCUT2D eigenvalue weighted by molar-refractivity contribution is -0.384. The molecule has 1 atom stereocenters. The third kappa shape index (κ3) is 8.55. The van der Waals surface area contributed by atoms with Gasteiger partial charge in [0, 0.05) is 34.0 Å². The molecular formula is C36H28N4O5S. The van der Waals surface area contributed by atoms with Crippen molar-refractivity contribution in [1.29, 1.82) is 0 Å². The number of nitrogens with zero attached hydrogens (tertiary/aromatic N) is 1. The Balaban J connectivity index is 1.38. The summed E-state index contributed by atoms with van der Waals surface area (Å²) < 4.78 is 0. The SMILES string of the molecule is O=C(Nc1cccc(SC(C(=O)Nc2ccccc2)c2ccccc2)c1)/C(=C\c1ccc([N+](=O)[O-])cc1)NC(=O)c1ccccc1. The molecule has 9 nitrogen and oxygen atoms in total. The molecule has 5 rings (SSSR count). The number of hydrogen-bond acceptors (Lipinski definition) is 6. The molecule has 0 saturated carbocycles. The third-order valence-electron chi connectivity index (χ3n) is 6.67. The predicted molar refractivity (Wildman–Crippen MR) is 180 cm³/mol. The summed E-state index contributed by atoms with van der Waals surface area (Å²) in [4.78, 5) is 51.3. The molecule has 0 spiro atoms. The highest BCUT2D eigenvalue weighted by atomic mass is 32.2. The van der Waals surface area contributed by atoms with Crippen LogP contribution in [0.15, 0.2) is 150 Å². The fourth-order valence-corrected chi connectivity index (χ4v) is 5.50. The average molecular weight is 629 g/mol. The number of carbonyl (C=O) groups is 3. The number of nitro benzene ring substituents is 1. The second-order valence-electron chi connectivity index (χ2n) is 9.97. The molecule has 3 amide bonds. The molecular weight excluding hydrogens is 600 g/mol. The summed E-state index contributed by atoms with van der Waals surface area (Å²) in [6, 6.07) is 39.7. The van der Waals surface area contributed by atoms with Gasteiger partial charge in [-0.25, -0.2) is 0 Å². The number of nitro groups is 1. The van der Waals surface area contributed by atoms with E-state index < -0.39 is 22.0 Å². The maximum atomic E-state index is 13.6. The van der Waals surface area contributed by atoms with E-state index in [1.807, 2.05) is 66.7 Å². The van der Waals surface area contributed by atoms with Crippen LogP contribution in [0.2, 0.25) is 0 Å². The molecule has 0 fully saturated rings. The van der Waals surface area contributed by atoms with Crippen molar-refractivity contribution in [3.63, 3.8) is 0 Å². The molecule has 5 aromatic rings. The molecule has 0 bridgehead atoms. The van der Waals surface area contributed by atoms with E-state index in [9.17, 15) is 24.5 Å². The number of carbonyl (C=O) groups excluding carboxylic acids is 3. The van der Waals surface area contributed by atoms with Crippen molar-refractivity contribution in [2.75, 3.05) is 10.6 Å². The number of hydrogen-bond donors (Lipinski definition) is 3. The van der Waals surface area contributed by atoms with Crippen LogP contribution in [0.1, 0.15) is 26.7 Å². The summed E-state index contributed by atoms with van der Waals surface area (Å²) in [7, 11) is 0. The monoisotopic (exact) mass is 628 g/mol. The molecule has 0 heterocycles. The largest absolute Gasteiger partial charge is 0.325 e. The van der Waals surface area contributed by atoms with Crippen LogP contribution in [0.25, 0.3) is 6.08 Å². The quantitative estimate of drug-likeness (QED) is 0.0602. The zero-order valence-corrected chi connectivity index (χ0v) is 25.1. The standard InChI is InChI=1S/C36H28N4O5S/c41-34(27-13-6-2-7-14-27)39-32(23-25-19-21-30(22-20-25)40(44)45)35(42)38-29-17-10-18-31(24-29)46-33(26-11-4-1-5-12-26)36(43)37-28-15-8-3-9-16-28/h1-24,33H,(H,37,43)(H,38,42)(H,39,41)/b32-23+. The maximum Gasteiger partial charge on any atom is 0.272 e. The van der Waals surface area contributed by atoms with Crippen LogP contribution in [-0.4, -0.2) is 22.6 Å².